The summed E-state index contributed by atoms with van der Waals surface area (Å²) < 4.78 is 8.14. The molecule has 0 unspecified atom stereocenters. The first-order valence-electron chi connectivity index (χ1n) is 11.7. The molecule has 5 nitrogen and oxygen atoms in total. The first kappa shape index (κ1) is 22.6. The fraction of sp³-hybridized carbons (Fsp3) is 0.286. The zero-order valence-corrected chi connectivity index (χ0v) is 19.2. The summed E-state index contributed by atoms with van der Waals surface area (Å²) in [5.41, 5.74) is 3.99. The summed E-state index contributed by atoms with van der Waals surface area (Å²) in [6, 6.07) is 25.9. The normalized spacial score (nSPS) is 10.9. The summed E-state index contributed by atoms with van der Waals surface area (Å²) in [5, 5.41) is 3.03. The van der Waals surface area contributed by atoms with Crippen LogP contribution >= 0.6 is 0 Å². The summed E-state index contributed by atoms with van der Waals surface area (Å²) in [4.78, 5) is 17.2. The van der Waals surface area contributed by atoms with E-state index < -0.39 is 0 Å². The topological polar surface area (TPSA) is 56.2 Å². The quantitative estimate of drug-likeness (QED) is 0.310. The van der Waals surface area contributed by atoms with E-state index in [4.69, 9.17) is 9.72 Å². The molecule has 0 spiro atoms. The SMILES string of the molecule is Cc1cccc(C(=O)NCCCc2nc3ccccc3n2CCCCOc2ccccc2)c1. The van der Waals surface area contributed by atoms with E-state index >= 15 is 0 Å². The van der Waals surface area contributed by atoms with Crippen molar-refractivity contribution in [1.82, 2.24) is 14.9 Å². The van der Waals surface area contributed by atoms with Crippen molar-refractivity contribution < 1.29 is 9.53 Å². The molecule has 1 aromatic heterocycles. The Morgan fingerprint density at radius 2 is 1.76 bits per heavy atom. The number of fused-ring (bicyclic) bond motifs is 1. The number of hydrogen-bond donors (Lipinski definition) is 1. The van der Waals surface area contributed by atoms with Crippen LogP contribution in [-0.2, 0) is 13.0 Å². The molecule has 0 atom stereocenters. The second kappa shape index (κ2) is 11.3. The van der Waals surface area contributed by atoms with Crippen LogP contribution in [-0.4, -0.2) is 28.6 Å². The van der Waals surface area contributed by atoms with Gasteiger partial charge in [-0.15, -0.1) is 0 Å². The van der Waals surface area contributed by atoms with Gasteiger partial charge >= 0.3 is 0 Å². The number of ether oxygens (including phenoxy) is 1. The number of benzene rings is 3. The van der Waals surface area contributed by atoms with Crippen LogP contribution in [0.2, 0.25) is 0 Å². The number of carbonyl (C=O) groups is 1. The molecule has 1 N–H and O–H groups in total. The van der Waals surface area contributed by atoms with Crippen LogP contribution in [0.15, 0.2) is 78.9 Å². The van der Waals surface area contributed by atoms with E-state index in [9.17, 15) is 4.79 Å². The molecule has 170 valence electrons. The van der Waals surface area contributed by atoms with Crippen molar-refractivity contribution in [2.75, 3.05) is 13.2 Å². The Hall–Kier alpha value is -3.60. The number of amides is 1. The number of nitrogens with zero attached hydrogens (tertiary/aromatic N) is 2. The molecule has 0 fully saturated rings. The van der Waals surface area contributed by atoms with Crippen molar-refractivity contribution in [3.63, 3.8) is 0 Å². The number of imidazole rings is 1. The molecule has 0 aliphatic rings. The molecule has 4 aromatic rings. The molecule has 0 bridgehead atoms. The summed E-state index contributed by atoms with van der Waals surface area (Å²) in [7, 11) is 0. The highest BCUT2D eigenvalue weighted by molar-refractivity contribution is 5.94. The minimum absolute atomic E-state index is 0.0226. The first-order valence-corrected chi connectivity index (χ1v) is 11.7. The largest absolute Gasteiger partial charge is 0.494 e. The highest BCUT2D eigenvalue weighted by Gasteiger charge is 2.11. The lowest BCUT2D eigenvalue weighted by Gasteiger charge is -2.11. The molecule has 1 heterocycles. The first-order chi connectivity index (χ1) is 16.2. The van der Waals surface area contributed by atoms with Gasteiger partial charge in [-0.3, -0.25) is 4.79 Å². The summed E-state index contributed by atoms with van der Waals surface area (Å²) in [6.07, 6.45) is 3.67. The van der Waals surface area contributed by atoms with E-state index in [1.165, 1.54) is 5.52 Å². The van der Waals surface area contributed by atoms with Crippen molar-refractivity contribution in [3.05, 3.63) is 95.8 Å². The van der Waals surface area contributed by atoms with Crippen molar-refractivity contribution in [3.8, 4) is 5.75 Å². The molecule has 0 radical (unpaired) electrons. The predicted molar refractivity (Wildman–Crippen MR) is 133 cm³/mol. The van der Waals surface area contributed by atoms with E-state index in [-0.39, 0.29) is 5.91 Å². The maximum absolute atomic E-state index is 12.4. The number of aromatic nitrogens is 2. The van der Waals surface area contributed by atoms with Gasteiger partial charge in [0.15, 0.2) is 0 Å². The van der Waals surface area contributed by atoms with Gasteiger partial charge in [-0.1, -0.05) is 48.0 Å². The van der Waals surface area contributed by atoms with E-state index in [1.54, 1.807) is 0 Å². The maximum Gasteiger partial charge on any atom is 0.251 e. The fourth-order valence-electron chi connectivity index (χ4n) is 3.98. The molecule has 0 saturated heterocycles. The number of carbonyl (C=O) groups excluding carboxylic acids is 1. The van der Waals surface area contributed by atoms with Gasteiger partial charge in [0.1, 0.15) is 11.6 Å². The second-order valence-corrected chi connectivity index (χ2v) is 8.27. The van der Waals surface area contributed by atoms with Crippen LogP contribution in [0.25, 0.3) is 11.0 Å². The summed E-state index contributed by atoms with van der Waals surface area (Å²) in [6.45, 7) is 4.23. The lowest BCUT2D eigenvalue weighted by Crippen LogP contribution is -2.25. The fourth-order valence-corrected chi connectivity index (χ4v) is 3.98. The van der Waals surface area contributed by atoms with Gasteiger partial charge in [-0.25, -0.2) is 4.98 Å². The van der Waals surface area contributed by atoms with E-state index in [1.807, 2.05) is 67.6 Å². The molecule has 0 aliphatic carbocycles. The minimum Gasteiger partial charge on any atom is -0.494 e. The van der Waals surface area contributed by atoms with Crippen LogP contribution in [0.1, 0.15) is 41.0 Å². The van der Waals surface area contributed by atoms with Crippen LogP contribution < -0.4 is 10.1 Å². The molecule has 0 saturated carbocycles. The zero-order valence-electron chi connectivity index (χ0n) is 19.2. The lowest BCUT2D eigenvalue weighted by atomic mass is 10.1. The highest BCUT2D eigenvalue weighted by Crippen LogP contribution is 2.18. The number of rotatable bonds is 11. The second-order valence-electron chi connectivity index (χ2n) is 8.27. The van der Waals surface area contributed by atoms with Gasteiger partial charge in [0.05, 0.1) is 17.6 Å². The molecule has 0 aliphatic heterocycles. The third-order valence-corrected chi connectivity index (χ3v) is 5.66. The summed E-state index contributed by atoms with van der Waals surface area (Å²) in [5.74, 6) is 1.97. The molecule has 33 heavy (non-hydrogen) atoms. The Kier molecular flexibility index (Phi) is 7.75. The maximum atomic E-state index is 12.4. The van der Waals surface area contributed by atoms with Gasteiger partial charge in [-0.2, -0.15) is 0 Å². The number of para-hydroxylation sites is 3. The van der Waals surface area contributed by atoms with Gasteiger partial charge < -0.3 is 14.6 Å². The van der Waals surface area contributed by atoms with Crippen molar-refractivity contribution in [2.24, 2.45) is 0 Å². The molecular formula is C28H31N3O2. The Bertz CT molecular complexity index is 1180. The zero-order chi connectivity index (χ0) is 22.9. The number of aryl methyl sites for hydroxylation is 3. The average Bonchev–Trinajstić information content (AvgIpc) is 3.19. The smallest absolute Gasteiger partial charge is 0.251 e. The third-order valence-electron chi connectivity index (χ3n) is 5.66. The molecular weight excluding hydrogens is 410 g/mol. The molecule has 3 aromatic carbocycles. The van der Waals surface area contributed by atoms with Crippen LogP contribution in [0.3, 0.4) is 0 Å². The Balaban J connectivity index is 1.29. The lowest BCUT2D eigenvalue weighted by molar-refractivity contribution is 0.0953. The minimum atomic E-state index is -0.0226. The van der Waals surface area contributed by atoms with Gasteiger partial charge in [0.2, 0.25) is 0 Å². The van der Waals surface area contributed by atoms with E-state index in [0.29, 0.717) is 18.7 Å². The average molecular weight is 442 g/mol. The monoisotopic (exact) mass is 441 g/mol. The Morgan fingerprint density at radius 1 is 0.939 bits per heavy atom. The Morgan fingerprint density at radius 3 is 2.61 bits per heavy atom. The van der Waals surface area contributed by atoms with Gasteiger partial charge in [-0.05, 0) is 62.6 Å². The van der Waals surface area contributed by atoms with E-state index in [0.717, 1.165) is 54.9 Å². The third kappa shape index (κ3) is 6.22. The van der Waals surface area contributed by atoms with Gasteiger partial charge in [0.25, 0.3) is 5.91 Å². The number of nitrogens with one attached hydrogen (secondary N) is 1. The molecule has 5 heteroatoms. The number of unbranched alkanes of at least 4 members (excludes halogenated alkanes) is 1. The predicted octanol–water partition coefficient (Wildman–Crippen LogP) is 5.57. The molecule has 4 rings (SSSR count). The van der Waals surface area contributed by atoms with Crippen LogP contribution in [0.5, 0.6) is 5.75 Å². The van der Waals surface area contributed by atoms with Crippen LogP contribution in [0, 0.1) is 6.92 Å². The number of hydrogen-bond acceptors (Lipinski definition) is 3. The Labute approximate surface area is 195 Å². The summed E-state index contributed by atoms with van der Waals surface area (Å²) >= 11 is 0. The van der Waals surface area contributed by atoms with Gasteiger partial charge in [0, 0.05) is 25.1 Å². The van der Waals surface area contributed by atoms with Crippen molar-refractivity contribution in [2.45, 2.75) is 39.2 Å². The van der Waals surface area contributed by atoms with E-state index in [2.05, 4.69) is 28.1 Å². The molecule has 1 amide bonds. The van der Waals surface area contributed by atoms with Crippen molar-refractivity contribution in [1.29, 1.82) is 0 Å². The van der Waals surface area contributed by atoms with Crippen LogP contribution in [0.4, 0.5) is 0 Å². The highest BCUT2D eigenvalue weighted by atomic mass is 16.5. The van der Waals surface area contributed by atoms with Crippen molar-refractivity contribution >= 4 is 16.9 Å². The standard InChI is InChI=1S/C28H31N3O2/c1-22-11-9-12-23(21-22)28(32)29-18-10-17-27-30-25-15-5-6-16-26(25)31(27)19-7-8-20-33-24-13-3-2-4-14-24/h2-6,9,11-16,21H,7-8,10,17-20H2,1H3,(H,29,32).